The molecule has 0 aliphatic rings. The maximum atomic E-state index is 2.23. The Bertz CT molecular complexity index is 601. The number of rotatable bonds is 3. The van der Waals surface area contributed by atoms with Crippen molar-refractivity contribution in [2.75, 3.05) is 0 Å². The zero-order valence-electron chi connectivity index (χ0n) is 11.9. The van der Waals surface area contributed by atoms with Gasteiger partial charge in [0.2, 0.25) is 0 Å². The summed E-state index contributed by atoms with van der Waals surface area (Å²) in [6, 6.07) is 17.0. The Hall–Kier alpha value is -2.08. The van der Waals surface area contributed by atoms with E-state index in [1.54, 1.807) is 0 Å². The molecule has 0 aliphatic carbocycles. The highest BCUT2D eigenvalue weighted by molar-refractivity contribution is 5.80. The van der Waals surface area contributed by atoms with E-state index in [2.05, 4.69) is 81.5 Å². The average molecular weight is 248 g/mol. The predicted octanol–water partition coefficient (Wildman–Crippen LogP) is 5.42. The molecule has 0 N–H and O–H groups in total. The maximum Gasteiger partial charge on any atom is -0.0158 e. The van der Waals surface area contributed by atoms with Crippen molar-refractivity contribution in [3.63, 3.8) is 0 Å². The van der Waals surface area contributed by atoms with Gasteiger partial charge in [-0.15, -0.1) is 0 Å². The third-order valence-electron chi connectivity index (χ3n) is 3.26. The van der Waals surface area contributed by atoms with Crippen molar-refractivity contribution in [3.8, 4) is 0 Å². The lowest BCUT2D eigenvalue weighted by Crippen LogP contribution is -1.87. The lowest BCUT2D eigenvalue weighted by molar-refractivity contribution is 1.36. The van der Waals surface area contributed by atoms with Crippen LogP contribution in [0.5, 0.6) is 0 Å². The second kappa shape index (κ2) is 6.19. The Morgan fingerprint density at radius 1 is 0.947 bits per heavy atom. The fourth-order valence-corrected chi connectivity index (χ4v) is 2.23. The average Bonchev–Trinajstić information content (AvgIpc) is 2.42. The molecule has 0 saturated heterocycles. The first-order valence-corrected chi connectivity index (χ1v) is 6.68. The van der Waals surface area contributed by atoms with Crippen molar-refractivity contribution < 1.29 is 0 Å². The van der Waals surface area contributed by atoms with Gasteiger partial charge in [-0.1, -0.05) is 72.3 Å². The molecular weight excluding hydrogens is 228 g/mol. The minimum absolute atomic E-state index is 1.23. The number of allylic oxidation sites excluding steroid dienone is 3. The Labute approximate surface area is 116 Å². The van der Waals surface area contributed by atoms with Crippen LogP contribution >= 0.6 is 0 Å². The molecule has 2 rings (SSSR count). The van der Waals surface area contributed by atoms with Gasteiger partial charge >= 0.3 is 0 Å². The minimum Gasteiger partial charge on any atom is -0.0798 e. The fraction of sp³-hybridized carbons (Fsp3) is 0.158. The smallest absolute Gasteiger partial charge is 0.0158 e. The highest BCUT2D eigenvalue weighted by Crippen LogP contribution is 2.22. The van der Waals surface area contributed by atoms with Gasteiger partial charge in [-0.2, -0.15) is 0 Å². The van der Waals surface area contributed by atoms with Crippen LogP contribution in [0.25, 0.3) is 11.6 Å². The predicted molar refractivity (Wildman–Crippen MR) is 85.0 cm³/mol. The molecule has 0 nitrogen and oxygen atoms in total. The molecule has 0 aliphatic heterocycles. The van der Waals surface area contributed by atoms with Crippen LogP contribution < -0.4 is 0 Å². The van der Waals surface area contributed by atoms with E-state index < -0.39 is 0 Å². The molecule has 2 aromatic carbocycles. The molecule has 0 unspecified atom stereocenters. The van der Waals surface area contributed by atoms with Crippen molar-refractivity contribution in [1.29, 1.82) is 0 Å². The van der Waals surface area contributed by atoms with E-state index in [-0.39, 0.29) is 0 Å². The normalized spacial score (nSPS) is 12.1. The summed E-state index contributed by atoms with van der Waals surface area (Å²) < 4.78 is 0. The van der Waals surface area contributed by atoms with Gasteiger partial charge < -0.3 is 0 Å². The van der Waals surface area contributed by atoms with E-state index in [0.717, 1.165) is 0 Å². The van der Waals surface area contributed by atoms with Crippen LogP contribution in [0.2, 0.25) is 0 Å². The standard InChI is InChI=1S/C19H20/c1-4-18(12-11-17-8-6-5-7-9-17)19-13-10-15(2)14-16(19)3/h4-14H,1-3H3/b12-11+,18-4-. The zero-order valence-corrected chi connectivity index (χ0v) is 11.9. The number of hydrogen-bond donors (Lipinski definition) is 0. The quantitative estimate of drug-likeness (QED) is 0.636. The SMILES string of the molecule is C/C=C(/C=C/c1ccccc1)c1ccc(C)cc1C. The van der Waals surface area contributed by atoms with E-state index in [0.29, 0.717) is 0 Å². The van der Waals surface area contributed by atoms with Crippen LogP contribution in [0.3, 0.4) is 0 Å². The number of hydrogen-bond acceptors (Lipinski definition) is 0. The van der Waals surface area contributed by atoms with Crippen LogP contribution in [0.1, 0.15) is 29.2 Å². The molecule has 2 aromatic rings. The summed E-state index contributed by atoms with van der Waals surface area (Å²) in [6.07, 6.45) is 6.51. The van der Waals surface area contributed by atoms with Gasteiger partial charge in [0.1, 0.15) is 0 Å². The Kier molecular flexibility index (Phi) is 4.35. The topological polar surface area (TPSA) is 0 Å². The molecule has 0 fully saturated rings. The Balaban J connectivity index is 2.29. The van der Waals surface area contributed by atoms with Gasteiger partial charge in [0.25, 0.3) is 0 Å². The largest absolute Gasteiger partial charge is 0.0798 e. The molecule has 0 atom stereocenters. The molecule has 0 radical (unpaired) electrons. The van der Waals surface area contributed by atoms with E-state index in [4.69, 9.17) is 0 Å². The van der Waals surface area contributed by atoms with Crippen LogP contribution in [0.4, 0.5) is 0 Å². The summed E-state index contributed by atoms with van der Waals surface area (Å²) in [7, 11) is 0. The van der Waals surface area contributed by atoms with Crippen molar-refractivity contribution in [3.05, 3.63) is 82.9 Å². The van der Waals surface area contributed by atoms with Crippen molar-refractivity contribution >= 4 is 11.6 Å². The third-order valence-corrected chi connectivity index (χ3v) is 3.26. The summed E-state index contributed by atoms with van der Waals surface area (Å²) in [5.74, 6) is 0. The summed E-state index contributed by atoms with van der Waals surface area (Å²) >= 11 is 0. The molecular formula is C19H20. The van der Waals surface area contributed by atoms with E-state index >= 15 is 0 Å². The van der Waals surface area contributed by atoms with Gasteiger partial charge in [-0.3, -0.25) is 0 Å². The van der Waals surface area contributed by atoms with Gasteiger partial charge in [0, 0.05) is 0 Å². The molecule has 0 amide bonds. The first-order chi connectivity index (χ1) is 9.20. The molecule has 0 heteroatoms. The van der Waals surface area contributed by atoms with Gasteiger partial charge in [0.05, 0.1) is 0 Å². The van der Waals surface area contributed by atoms with Crippen LogP contribution in [0, 0.1) is 13.8 Å². The number of aryl methyl sites for hydroxylation is 2. The van der Waals surface area contributed by atoms with Crippen molar-refractivity contribution in [2.24, 2.45) is 0 Å². The second-order valence-corrected chi connectivity index (χ2v) is 4.81. The summed E-state index contributed by atoms with van der Waals surface area (Å²) in [5, 5.41) is 0. The summed E-state index contributed by atoms with van der Waals surface area (Å²) in [5.41, 5.74) is 6.43. The summed E-state index contributed by atoms with van der Waals surface area (Å²) in [4.78, 5) is 0. The van der Waals surface area contributed by atoms with Gasteiger partial charge in [0.15, 0.2) is 0 Å². The first kappa shape index (κ1) is 13.4. The lowest BCUT2D eigenvalue weighted by atomic mass is 9.97. The van der Waals surface area contributed by atoms with Gasteiger partial charge in [-0.25, -0.2) is 0 Å². The highest BCUT2D eigenvalue weighted by Gasteiger charge is 2.01. The van der Waals surface area contributed by atoms with Crippen molar-refractivity contribution in [2.45, 2.75) is 20.8 Å². The number of benzene rings is 2. The molecule has 0 spiro atoms. The first-order valence-electron chi connectivity index (χ1n) is 6.68. The zero-order chi connectivity index (χ0) is 13.7. The van der Waals surface area contributed by atoms with E-state index in [9.17, 15) is 0 Å². The summed E-state index contributed by atoms with van der Waals surface area (Å²) in [6.45, 7) is 6.39. The molecule has 19 heavy (non-hydrogen) atoms. The third kappa shape index (κ3) is 3.45. The fourth-order valence-electron chi connectivity index (χ4n) is 2.23. The van der Waals surface area contributed by atoms with E-state index in [1.807, 2.05) is 6.07 Å². The Morgan fingerprint density at radius 2 is 1.68 bits per heavy atom. The molecule has 0 aromatic heterocycles. The van der Waals surface area contributed by atoms with Crippen LogP contribution in [-0.4, -0.2) is 0 Å². The minimum atomic E-state index is 1.23. The van der Waals surface area contributed by atoms with Crippen LogP contribution in [0.15, 0.2) is 60.7 Å². The van der Waals surface area contributed by atoms with Crippen molar-refractivity contribution in [1.82, 2.24) is 0 Å². The van der Waals surface area contributed by atoms with Gasteiger partial charge in [-0.05, 0) is 43.0 Å². The molecule has 0 saturated carbocycles. The maximum absolute atomic E-state index is 2.23. The monoisotopic (exact) mass is 248 g/mol. The second-order valence-electron chi connectivity index (χ2n) is 4.81. The van der Waals surface area contributed by atoms with E-state index in [1.165, 1.54) is 27.8 Å². The lowest BCUT2D eigenvalue weighted by Gasteiger charge is -2.07. The Morgan fingerprint density at radius 3 is 2.32 bits per heavy atom. The highest BCUT2D eigenvalue weighted by atomic mass is 14.1. The molecule has 0 bridgehead atoms. The van der Waals surface area contributed by atoms with Crippen LogP contribution in [-0.2, 0) is 0 Å². The molecule has 96 valence electrons. The molecule has 0 heterocycles.